The third kappa shape index (κ3) is 2.78. The average molecular weight is 324 g/mol. The van der Waals surface area contributed by atoms with Crippen LogP contribution < -0.4 is 0 Å². The summed E-state index contributed by atoms with van der Waals surface area (Å²) in [6.07, 6.45) is 5.17. The van der Waals surface area contributed by atoms with Crippen molar-refractivity contribution in [3.05, 3.63) is 54.1 Å². The Hall–Kier alpha value is -1.74. The van der Waals surface area contributed by atoms with Gasteiger partial charge in [0.25, 0.3) is 0 Å². The maximum atomic E-state index is 11.7. The molecule has 0 atom stereocenters. The molecular formula is C20H20O2S. The molecule has 0 spiro atoms. The van der Waals surface area contributed by atoms with Gasteiger partial charge in [0, 0.05) is 4.90 Å². The largest absolute Gasteiger partial charge is 0.480 e. The summed E-state index contributed by atoms with van der Waals surface area (Å²) in [6.45, 7) is 0. The van der Waals surface area contributed by atoms with Crippen LogP contribution in [0.15, 0.2) is 53.4 Å². The summed E-state index contributed by atoms with van der Waals surface area (Å²) in [5, 5.41) is 9.59. The van der Waals surface area contributed by atoms with Crippen LogP contribution >= 0.6 is 11.8 Å². The van der Waals surface area contributed by atoms with E-state index in [1.807, 2.05) is 12.1 Å². The first-order valence-corrected chi connectivity index (χ1v) is 9.11. The summed E-state index contributed by atoms with van der Waals surface area (Å²) in [5.74, 6) is 0.0894. The van der Waals surface area contributed by atoms with E-state index in [0.29, 0.717) is 0 Å². The number of aliphatic carboxylic acids is 1. The molecule has 0 radical (unpaired) electrons. The van der Waals surface area contributed by atoms with Crippen LogP contribution in [0.1, 0.15) is 43.6 Å². The average Bonchev–Trinajstić information content (AvgIpc) is 3.36. The van der Waals surface area contributed by atoms with Crippen LogP contribution in [0.2, 0.25) is 0 Å². The molecule has 2 fully saturated rings. The number of hydrogen-bond donors (Lipinski definition) is 1. The lowest BCUT2D eigenvalue weighted by atomic mass is 9.84. The van der Waals surface area contributed by atoms with Gasteiger partial charge in [0.05, 0.1) is 0 Å². The van der Waals surface area contributed by atoms with E-state index in [2.05, 4.69) is 36.4 Å². The van der Waals surface area contributed by atoms with Crippen molar-refractivity contribution in [2.75, 3.05) is 0 Å². The minimum atomic E-state index is -0.673. The highest BCUT2D eigenvalue weighted by molar-refractivity contribution is 8.01. The lowest BCUT2D eigenvalue weighted by Crippen LogP contribution is -2.41. The number of thioether (sulfide) groups is 1. The maximum absolute atomic E-state index is 11.7. The zero-order valence-electron chi connectivity index (χ0n) is 13.0. The standard InChI is InChI=1S/C20H20O2S/c21-19(22)20(12-3-13-20)23-18-5-2-1-4-17(18)16-10-8-15(9-11-16)14-6-7-14/h1-2,4-5,8-11,14H,3,6-7,12-13H2,(H,21,22). The third-order valence-electron chi connectivity index (χ3n) is 5.01. The summed E-state index contributed by atoms with van der Waals surface area (Å²) < 4.78 is -0.621. The number of benzene rings is 2. The van der Waals surface area contributed by atoms with Gasteiger partial charge in [-0.3, -0.25) is 4.79 Å². The Labute approximate surface area is 140 Å². The van der Waals surface area contributed by atoms with Gasteiger partial charge >= 0.3 is 5.97 Å². The first kappa shape index (κ1) is 14.8. The van der Waals surface area contributed by atoms with Crippen molar-refractivity contribution >= 4 is 17.7 Å². The molecule has 0 unspecified atom stereocenters. The first-order chi connectivity index (χ1) is 11.2. The predicted octanol–water partition coefficient (Wildman–Crippen LogP) is 5.33. The van der Waals surface area contributed by atoms with Crippen LogP contribution in [0.5, 0.6) is 0 Å². The number of hydrogen-bond acceptors (Lipinski definition) is 2. The van der Waals surface area contributed by atoms with E-state index >= 15 is 0 Å². The molecule has 0 aromatic heterocycles. The molecule has 118 valence electrons. The Morgan fingerprint density at radius 3 is 2.30 bits per heavy atom. The second kappa shape index (κ2) is 5.72. The van der Waals surface area contributed by atoms with Crippen LogP contribution in [0, 0.1) is 0 Å². The number of rotatable bonds is 5. The Morgan fingerprint density at radius 2 is 1.74 bits per heavy atom. The fraction of sp³-hybridized carbons (Fsp3) is 0.350. The second-order valence-electron chi connectivity index (χ2n) is 6.65. The molecular weight excluding hydrogens is 304 g/mol. The first-order valence-electron chi connectivity index (χ1n) is 8.30. The van der Waals surface area contributed by atoms with Gasteiger partial charge in [0.15, 0.2) is 0 Å². The number of carboxylic acids is 1. The quantitative estimate of drug-likeness (QED) is 0.807. The molecule has 4 rings (SSSR count). The highest BCUT2D eigenvalue weighted by Crippen LogP contribution is 2.50. The van der Waals surface area contributed by atoms with E-state index in [1.54, 1.807) is 0 Å². The minimum absolute atomic E-state index is 0.621. The lowest BCUT2D eigenvalue weighted by molar-refractivity contribution is -0.142. The van der Waals surface area contributed by atoms with Gasteiger partial charge < -0.3 is 5.11 Å². The molecule has 2 aromatic rings. The fourth-order valence-electron chi connectivity index (χ4n) is 3.21. The molecule has 0 amide bonds. The molecule has 2 nitrogen and oxygen atoms in total. The highest BCUT2D eigenvalue weighted by Gasteiger charge is 2.45. The van der Waals surface area contributed by atoms with Crippen molar-refractivity contribution < 1.29 is 9.90 Å². The van der Waals surface area contributed by atoms with Crippen molar-refractivity contribution in [2.24, 2.45) is 0 Å². The Balaban J connectivity index is 1.65. The smallest absolute Gasteiger partial charge is 0.320 e. The number of carbonyl (C=O) groups is 1. The van der Waals surface area contributed by atoms with Crippen LogP contribution in [-0.2, 0) is 4.79 Å². The van der Waals surface area contributed by atoms with Crippen LogP contribution in [0.3, 0.4) is 0 Å². The van der Waals surface area contributed by atoms with E-state index in [9.17, 15) is 9.90 Å². The topological polar surface area (TPSA) is 37.3 Å². The van der Waals surface area contributed by atoms with Gasteiger partial charge in [0.2, 0.25) is 0 Å². The van der Waals surface area contributed by atoms with E-state index in [-0.39, 0.29) is 0 Å². The molecule has 1 N–H and O–H groups in total. The summed E-state index contributed by atoms with van der Waals surface area (Å²) in [5.41, 5.74) is 3.75. The number of carboxylic acid groups (broad SMARTS) is 1. The van der Waals surface area contributed by atoms with Crippen LogP contribution in [0.4, 0.5) is 0 Å². The van der Waals surface area contributed by atoms with Gasteiger partial charge in [-0.15, -0.1) is 11.8 Å². The Bertz CT molecular complexity index is 728. The molecule has 3 heteroatoms. The lowest BCUT2D eigenvalue weighted by Gasteiger charge is -2.37. The van der Waals surface area contributed by atoms with E-state index in [4.69, 9.17) is 0 Å². The summed E-state index contributed by atoms with van der Waals surface area (Å²) in [6, 6.07) is 17.0. The fourth-order valence-corrected chi connectivity index (χ4v) is 4.66. The van der Waals surface area contributed by atoms with Gasteiger partial charge in [-0.25, -0.2) is 0 Å². The van der Waals surface area contributed by atoms with Crippen molar-refractivity contribution in [2.45, 2.75) is 47.7 Å². The van der Waals surface area contributed by atoms with Crippen molar-refractivity contribution in [1.82, 2.24) is 0 Å². The van der Waals surface area contributed by atoms with E-state index < -0.39 is 10.7 Å². The Morgan fingerprint density at radius 1 is 1.04 bits per heavy atom. The van der Waals surface area contributed by atoms with Crippen LogP contribution in [-0.4, -0.2) is 15.8 Å². The molecule has 2 aliphatic rings. The summed E-state index contributed by atoms with van der Waals surface area (Å²) in [4.78, 5) is 12.7. The Kier molecular flexibility index (Phi) is 3.68. The highest BCUT2D eigenvalue weighted by atomic mass is 32.2. The second-order valence-corrected chi connectivity index (χ2v) is 8.07. The normalized spacial score (nSPS) is 19.1. The molecule has 2 saturated carbocycles. The van der Waals surface area contributed by atoms with Crippen molar-refractivity contribution in [3.63, 3.8) is 0 Å². The minimum Gasteiger partial charge on any atom is -0.480 e. The van der Waals surface area contributed by atoms with Crippen molar-refractivity contribution in [3.8, 4) is 11.1 Å². The van der Waals surface area contributed by atoms with Gasteiger partial charge in [-0.1, -0.05) is 42.5 Å². The van der Waals surface area contributed by atoms with Gasteiger partial charge in [-0.05, 0) is 60.8 Å². The monoisotopic (exact) mass is 324 g/mol. The predicted molar refractivity (Wildman–Crippen MR) is 93.9 cm³/mol. The van der Waals surface area contributed by atoms with E-state index in [0.717, 1.165) is 35.6 Å². The van der Waals surface area contributed by atoms with Gasteiger partial charge in [0.1, 0.15) is 4.75 Å². The van der Waals surface area contributed by atoms with E-state index in [1.165, 1.54) is 35.7 Å². The molecule has 0 saturated heterocycles. The summed E-state index contributed by atoms with van der Waals surface area (Å²) >= 11 is 1.53. The SMILES string of the molecule is O=C(O)C1(Sc2ccccc2-c2ccc(C3CC3)cc2)CCC1. The molecule has 2 aliphatic carbocycles. The van der Waals surface area contributed by atoms with Crippen molar-refractivity contribution in [1.29, 1.82) is 0 Å². The molecule has 2 aromatic carbocycles. The molecule has 0 bridgehead atoms. The zero-order valence-corrected chi connectivity index (χ0v) is 13.8. The molecule has 0 heterocycles. The van der Waals surface area contributed by atoms with Crippen LogP contribution in [0.25, 0.3) is 11.1 Å². The molecule has 0 aliphatic heterocycles. The third-order valence-corrected chi connectivity index (χ3v) is 6.56. The zero-order chi connectivity index (χ0) is 15.9. The summed E-state index contributed by atoms with van der Waals surface area (Å²) in [7, 11) is 0. The van der Waals surface area contributed by atoms with Gasteiger partial charge in [-0.2, -0.15) is 0 Å². The molecule has 23 heavy (non-hydrogen) atoms. The maximum Gasteiger partial charge on any atom is 0.320 e.